The molecule has 1 aromatic carbocycles. The highest BCUT2D eigenvalue weighted by atomic mass is 32.2. The highest BCUT2D eigenvalue weighted by Crippen LogP contribution is 2.19. The summed E-state index contributed by atoms with van der Waals surface area (Å²) in [6, 6.07) is 13.7. The minimum atomic E-state index is -0.0571. The van der Waals surface area contributed by atoms with Crippen LogP contribution in [0.3, 0.4) is 0 Å². The molecular weight excluding hydrogens is 322 g/mol. The average molecular weight is 341 g/mol. The van der Waals surface area contributed by atoms with Crippen molar-refractivity contribution in [2.75, 3.05) is 30.3 Å². The normalized spacial score (nSPS) is 14.8. The summed E-state index contributed by atoms with van der Waals surface area (Å²) < 4.78 is 0. The Balaban J connectivity index is 1.48. The molecule has 3 rings (SSSR count). The number of thioether (sulfide) groups is 1. The minimum Gasteiger partial charge on any atom is -0.332 e. The number of hydrogen-bond acceptors (Lipinski definition) is 4. The van der Waals surface area contributed by atoms with Crippen molar-refractivity contribution in [3.8, 4) is 0 Å². The van der Waals surface area contributed by atoms with Gasteiger partial charge in [-0.1, -0.05) is 18.2 Å². The van der Waals surface area contributed by atoms with Crippen LogP contribution in [-0.2, 0) is 9.59 Å². The Kier molecular flexibility index (Phi) is 5.48. The summed E-state index contributed by atoms with van der Waals surface area (Å²) in [5.41, 5.74) is 0.786. The number of hydrogen-bond donors (Lipinski definition) is 0. The first kappa shape index (κ1) is 16.5. The maximum atomic E-state index is 12.3. The van der Waals surface area contributed by atoms with Crippen LogP contribution in [0.25, 0.3) is 0 Å². The molecule has 1 aliphatic heterocycles. The van der Waals surface area contributed by atoms with Crippen molar-refractivity contribution in [3.63, 3.8) is 0 Å². The van der Waals surface area contributed by atoms with E-state index in [1.54, 1.807) is 40.0 Å². The summed E-state index contributed by atoms with van der Waals surface area (Å²) in [5, 5.41) is 0. The van der Waals surface area contributed by atoms with E-state index in [9.17, 15) is 9.59 Å². The minimum absolute atomic E-state index is 0.0395. The molecule has 2 aromatic rings. The molecule has 0 aliphatic carbocycles. The zero-order valence-electron chi connectivity index (χ0n) is 13.3. The van der Waals surface area contributed by atoms with Gasteiger partial charge in [-0.25, -0.2) is 0 Å². The van der Waals surface area contributed by atoms with Crippen LogP contribution >= 0.6 is 11.8 Å². The van der Waals surface area contributed by atoms with Crippen molar-refractivity contribution < 1.29 is 9.59 Å². The number of piperazine rings is 1. The molecule has 0 spiro atoms. The number of nitrogens with zero attached hydrogens (tertiary/aromatic N) is 3. The topological polar surface area (TPSA) is 53.5 Å². The molecule has 1 aliphatic rings. The molecule has 1 fully saturated rings. The maximum Gasteiger partial charge on any atom is 0.246 e. The van der Waals surface area contributed by atoms with Gasteiger partial charge in [0.15, 0.2) is 0 Å². The van der Waals surface area contributed by atoms with E-state index in [0.29, 0.717) is 19.5 Å². The zero-order valence-corrected chi connectivity index (χ0v) is 14.1. The Morgan fingerprint density at radius 3 is 2.67 bits per heavy atom. The van der Waals surface area contributed by atoms with E-state index in [-0.39, 0.29) is 18.4 Å². The van der Waals surface area contributed by atoms with Crippen LogP contribution in [-0.4, -0.2) is 47.1 Å². The van der Waals surface area contributed by atoms with Crippen molar-refractivity contribution in [2.24, 2.45) is 0 Å². The van der Waals surface area contributed by atoms with E-state index >= 15 is 0 Å². The number of carbonyl (C=O) groups excluding carboxylic acids is 2. The highest BCUT2D eigenvalue weighted by molar-refractivity contribution is 7.99. The van der Waals surface area contributed by atoms with Gasteiger partial charge in [-0.3, -0.25) is 14.6 Å². The second-order valence-electron chi connectivity index (χ2n) is 5.48. The molecule has 24 heavy (non-hydrogen) atoms. The van der Waals surface area contributed by atoms with E-state index in [1.165, 1.54) is 0 Å². The van der Waals surface area contributed by atoms with Crippen molar-refractivity contribution in [2.45, 2.75) is 11.3 Å². The van der Waals surface area contributed by atoms with Gasteiger partial charge in [0.1, 0.15) is 6.54 Å². The van der Waals surface area contributed by atoms with Crippen LogP contribution < -0.4 is 4.90 Å². The highest BCUT2D eigenvalue weighted by Gasteiger charge is 2.27. The molecule has 0 bridgehead atoms. The standard InChI is InChI=1S/C18H19N3O2S/c22-17(8-12-24-16-6-2-1-3-7-16)20-10-11-21(18(23)14-20)15-5-4-9-19-13-15/h1-7,9,13H,8,10-12,14H2. The fourth-order valence-electron chi connectivity index (χ4n) is 2.60. The van der Waals surface area contributed by atoms with E-state index in [4.69, 9.17) is 0 Å². The van der Waals surface area contributed by atoms with Gasteiger partial charge in [-0.05, 0) is 24.3 Å². The lowest BCUT2D eigenvalue weighted by molar-refractivity contribution is -0.136. The van der Waals surface area contributed by atoms with E-state index in [0.717, 1.165) is 16.3 Å². The largest absolute Gasteiger partial charge is 0.332 e. The van der Waals surface area contributed by atoms with Gasteiger partial charge in [0.25, 0.3) is 0 Å². The lowest BCUT2D eigenvalue weighted by Crippen LogP contribution is -2.52. The van der Waals surface area contributed by atoms with Crippen LogP contribution in [0.5, 0.6) is 0 Å². The van der Waals surface area contributed by atoms with Crippen LogP contribution in [0.4, 0.5) is 5.69 Å². The Hall–Kier alpha value is -2.34. The van der Waals surface area contributed by atoms with Gasteiger partial charge < -0.3 is 9.80 Å². The molecule has 6 heteroatoms. The van der Waals surface area contributed by atoms with Crippen molar-refractivity contribution >= 4 is 29.3 Å². The summed E-state index contributed by atoms with van der Waals surface area (Å²) in [5.74, 6) is 0.704. The Morgan fingerprint density at radius 2 is 1.96 bits per heavy atom. The van der Waals surface area contributed by atoms with Crippen molar-refractivity contribution in [3.05, 3.63) is 54.9 Å². The Morgan fingerprint density at radius 1 is 1.12 bits per heavy atom. The van der Waals surface area contributed by atoms with E-state index in [1.807, 2.05) is 36.4 Å². The van der Waals surface area contributed by atoms with Crippen LogP contribution in [0.15, 0.2) is 59.8 Å². The van der Waals surface area contributed by atoms with Crippen molar-refractivity contribution in [1.82, 2.24) is 9.88 Å². The number of benzene rings is 1. The summed E-state index contributed by atoms with van der Waals surface area (Å²) in [6.07, 6.45) is 3.80. The number of amides is 2. The number of anilines is 1. The molecule has 2 amide bonds. The van der Waals surface area contributed by atoms with Gasteiger partial charge in [-0.2, -0.15) is 0 Å². The van der Waals surface area contributed by atoms with E-state index < -0.39 is 0 Å². The monoisotopic (exact) mass is 341 g/mol. The van der Waals surface area contributed by atoms with Gasteiger partial charge >= 0.3 is 0 Å². The lowest BCUT2D eigenvalue weighted by atomic mass is 10.2. The van der Waals surface area contributed by atoms with Crippen molar-refractivity contribution in [1.29, 1.82) is 0 Å². The number of pyridine rings is 1. The smallest absolute Gasteiger partial charge is 0.246 e. The first-order chi connectivity index (χ1) is 11.7. The fourth-order valence-corrected chi connectivity index (χ4v) is 3.47. The number of rotatable bonds is 5. The first-order valence-corrected chi connectivity index (χ1v) is 8.88. The van der Waals surface area contributed by atoms with Crippen LogP contribution in [0, 0.1) is 0 Å². The van der Waals surface area contributed by atoms with Gasteiger partial charge in [0.05, 0.1) is 11.9 Å². The van der Waals surface area contributed by atoms with Gasteiger partial charge in [0.2, 0.25) is 11.8 Å². The maximum absolute atomic E-state index is 12.3. The molecule has 1 saturated heterocycles. The first-order valence-electron chi connectivity index (χ1n) is 7.90. The molecule has 0 N–H and O–H groups in total. The second-order valence-corrected chi connectivity index (χ2v) is 6.65. The van der Waals surface area contributed by atoms with E-state index in [2.05, 4.69) is 4.98 Å². The zero-order chi connectivity index (χ0) is 16.8. The second kappa shape index (κ2) is 7.97. The number of carbonyl (C=O) groups is 2. The Labute approximate surface area is 145 Å². The predicted octanol–water partition coefficient (Wildman–Crippen LogP) is 2.44. The third-order valence-corrected chi connectivity index (χ3v) is 4.87. The fraction of sp³-hybridized carbons (Fsp3) is 0.278. The molecule has 5 nitrogen and oxygen atoms in total. The van der Waals surface area contributed by atoms with Crippen LogP contribution in [0.2, 0.25) is 0 Å². The molecule has 124 valence electrons. The van der Waals surface area contributed by atoms with Crippen LogP contribution in [0.1, 0.15) is 6.42 Å². The number of aromatic nitrogens is 1. The third-order valence-electron chi connectivity index (χ3n) is 3.86. The molecule has 0 saturated carbocycles. The summed E-state index contributed by atoms with van der Waals surface area (Å²) in [4.78, 5) is 33.1. The molecular formula is C18H19N3O2S. The molecule has 0 atom stereocenters. The molecule has 2 heterocycles. The molecule has 0 radical (unpaired) electrons. The summed E-state index contributed by atoms with van der Waals surface area (Å²) in [6.45, 7) is 1.22. The van der Waals surface area contributed by atoms with Gasteiger partial charge in [-0.15, -0.1) is 11.8 Å². The summed E-state index contributed by atoms with van der Waals surface area (Å²) in [7, 11) is 0. The third kappa shape index (κ3) is 4.14. The van der Waals surface area contributed by atoms with Gasteiger partial charge in [0, 0.05) is 36.4 Å². The quantitative estimate of drug-likeness (QED) is 0.784. The lowest BCUT2D eigenvalue weighted by Gasteiger charge is -2.34. The predicted molar refractivity (Wildman–Crippen MR) is 95.0 cm³/mol. The molecule has 1 aromatic heterocycles. The molecule has 0 unspecified atom stereocenters. The average Bonchev–Trinajstić information content (AvgIpc) is 2.63. The Bertz CT molecular complexity index is 694. The SMILES string of the molecule is O=C(CCSc1ccccc1)N1CCN(c2cccnc2)C(=O)C1. The summed E-state index contributed by atoms with van der Waals surface area (Å²) >= 11 is 1.66.